The fourth-order valence-electron chi connectivity index (χ4n) is 1.78. The molecule has 1 N–H and O–H groups in total. The van der Waals surface area contributed by atoms with Crippen LogP contribution >= 0.6 is 0 Å². The second-order valence-electron chi connectivity index (χ2n) is 4.33. The average molecular weight is 332 g/mol. The summed E-state index contributed by atoms with van der Waals surface area (Å²) in [5.74, 6) is -1.26. The fourth-order valence-corrected chi connectivity index (χ4v) is 2.17. The van der Waals surface area contributed by atoms with E-state index in [1.165, 1.54) is 6.26 Å². The molecule has 22 heavy (non-hydrogen) atoms. The Morgan fingerprint density at radius 1 is 1.23 bits per heavy atom. The van der Waals surface area contributed by atoms with E-state index in [1.54, 1.807) is 20.8 Å². The van der Waals surface area contributed by atoms with Gasteiger partial charge < -0.3 is 23.7 Å². The number of amides is 1. The van der Waals surface area contributed by atoms with Gasteiger partial charge in [0.25, 0.3) is 0 Å². The predicted octanol–water partition coefficient (Wildman–Crippen LogP) is 1.87. The molecule has 0 fully saturated rings. The number of nitrogens with one attached hydrogen (secondary N) is 1. The van der Waals surface area contributed by atoms with Crippen LogP contribution in [0, 0.1) is 0 Å². The number of hydrogen-bond acceptors (Lipinski definition) is 6. The normalized spacial score (nSPS) is 15.5. The Bertz CT molecular complexity index is 348. The number of ether oxygens (including phenoxy) is 5. The summed E-state index contributed by atoms with van der Waals surface area (Å²) in [5, 5.41) is 1.13. The van der Waals surface area contributed by atoms with Crippen molar-refractivity contribution >= 4 is 16.3 Å². The van der Waals surface area contributed by atoms with Gasteiger partial charge >= 0.3 is 6.09 Å². The largest absolute Gasteiger partial charge is 0.463 e. The lowest BCUT2D eigenvalue weighted by atomic mass is 10.2. The smallest absolute Gasteiger partial charge is 0.412 e. The van der Waals surface area contributed by atoms with Gasteiger partial charge in [0, 0.05) is 26.7 Å². The monoisotopic (exact) mass is 332 g/mol. The summed E-state index contributed by atoms with van der Waals surface area (Å²) in [6, 6.07) is 0. The summed E-state index contributed by atoms with van der Waals surface area (Å²) >= 11 is 0. The molecule has 0 rings (SSSR count). The molecule has 0 aliphatic carbocycles. The van der Waals surface area contributed by atoms with Crippen LogP contribution in [-0.4, -0.2) is 53.6 Å². The van der Waals surface area contributed by atoms with Gasteiger partial charge in [0.05, 0.1) is 6.26 Å². The molecule has 127 valence electrons. The predicted molar refractivity (Wildman–Crippen MR) is 82.1 cm³/mol. The lowest BCUT2D eigenvalue weighted by Crippen LogP contribution is -2.67. The van der Waals surface area contributed by atoms with Gasteiger partial charge in [-0.05, 0) is 27.7 Å². The molecule has 0 heterocycles. The van der Waals surface area contributed by atoms with Crippen LogP contribution in [0.3, 0.4) is 0 Å². The summed E-state index contributed by atoms with van der Waals surface area (Å²) in [5.41, 5.74) is 0. The Balaban J connectivity index is 5.12. The van der Waals surface area contributed by atoms with Crippen molar-refractivity contribution in [1.29, 1.82) is 0 Å². The van der Waals surface area contributed by atoms with E-state index in [0.717, 1.165) is 0 Å². The molecule has 8 heteroatoms. The summed E-state index contributed by atoms with van der Waals surface area (Å²) in [6.45, 7) is 13.0. The third-order valence-electron chi connectivity index (χ3n) is 2.68. The number of carbonyl (C=O) groups is 1. The van der Waals surface area contributed by atoms with E-state index in [1.807, 2.05) is 13.8 Å². The van der Waals surface area contributed by atoms with Crippen LogP contribution in [0.4, 0.5) is 4.79 Å². The summed E-state index contributed by atoms with van der Waals surface area (Å²) < 4.78 is 26.8. The zero-order valence-corrected chi connectivity index (χ0v) is 14.9. The molecule has 1 amide bonds. The van der Waals surface area contributed by atoms with Crippen LogP contribution in [0.1, 0.15) is 34.6 Å². The Kier molecular flexibility index (Phi) is 9.34. The van der Waals surface area contributed by atoms with Gasteiger partial charge in [-0.15, -0.1) is 0 Å². The molecule has 0 aliphatic heterocycles. The van der Waals surface area contributed by atoms with Gasteiger partial charge in [0.2, 0.25) is 12.1 Å². The number of hydrogen-bond donors (Lipinski definition) is 1. The van der Waals surface area contributed by atoms with Gasteiger partial charge in [-0.3, -0.25) is 5.32 Å². The van der Waals surface area contributed by atoms with Crippen LogP contribution in [0.2, 0.25) is 0 Å². The Hall–Kier alpha value is -1.09. The van der Waals surface area contributed by atoms with E-state index in [-0.39, 0.29) is 0 Å². The molecular formula is C14H26NO6Si. The lowest BCUT2D eigenvalue weighted by Gasteiger charge is -2.44. The van der Waals surface area contributed by atoms with E-state index < -0.39 is 23.5 Å². The molecule has 0 spiro atoms. The van der Waals surface area contributed by atoms with Crippen LogP contribution in [0.25, 0.3) is 0 Å². The summed E-state index contributed by atoms with van der Waals surface area (Å²) in [4.78, 5) is 12.0. The SMILES string of the molecule is C=COC(C)OC(=O)NC([Si])(OCC)C(C)(OCC)OCC. The standard InChI is InChI=1S/C14H26NO6Si/c1-7-17-11(5)21-12(16)15-14(22,20-10-4)13(6,18-8-2)19-9-3/h7,11H,1,8-10H2,2-6H3,(H,15,16). The highest BCUT2D eigenvalue weighted by molar-refractivity contribution is 6.16. The molecule has 2 unspecified atom stereocenters. The first-order valence-corrected chi connectivity index (χ1v) is 7.70. The summed E-state index contributed by atoms with van der Waals surface area (Å²) in [7, 11) is 3.42. The van der Waals surface area contributed by atoms with Crippen LogP contribution in [0.5, 0.6) is 0 Å². The molecular weight excluding hydrogens is 306 g/mol. The topological polar surface area (TPSA) is 75.3 Å². The van der Waals surface area contributed by atoms with Crippen molar-refractivity contribution in [2.75, 3.05) is 19.8 Å². The van der Waals surface area contributed by atoms with Crippen LogP contribution in [0.15, 0.2) is 12.8 Å². The first-order chi connectivity index (χ1) is 10.3. The quantitative estimate of drug-likeness (QED) is 0.354. The Morgan fingerprint density at radius 3 is 2.14 bits per heavy atom. The number of rotatable bonds is 11. The van der Waals surface area contributed by atoms with Gasteiger partial charge in [0.15, 0.2) is 5.35 Å². The third-order valence-corrected chi connectivity index (χ3v) is 3.40. The fraction of sp³-hybridized carbons (Fsp3) is 0.786. The van der Waals surface area contributed by atoms with Gasteiger partial charge in [-0.25, -0.2) is 4.79 Å². The van der Waals surface area contributed by atoms with E-state index in [4.69, 9.17) is 23.7 Å². The maximum atomic E-state index is 12.0. The molecule has 0 saturated carbocycles. The van der Waals surface area contributed by atoms with E-state index in [2.05, 4.69) is 22.1 Å². The molecule has 0 aromatic rings. The zero-order chi connectivity index (χ0) is 17.2. The summed E-state index contributed by atoms with van der Waals surface area (Å²) in [6.07, 6.45) is -0.365. The highest BCUT2D eigenvalue weighted by Crippen LogP contribution is 2.27. The first kappa shape index (κ1) is 20.9. The van der Waals surface area contributed by atoms with Crippen molar-refractivity contribution in [2.24, 2.45) is 0 Å². The van der Waals surface area contributed by atoms with Crippen molar-refractivity contribution in [2.45, 2.75) is 52.0 Å². The average Bonchev–Trinajstić information content (AvgIpc) is 2.39. The molecule has 0 bridgehead atoms. The van der Waals surface area contributed by atoms with E-state index in [9.17, 15) is 4.79 Å². The highest BCUT2D eigenvalue weighted by Gasteiger charge is 2.49. The Labute approximate surface area is 135 Å². The van der Waals surface area contributed by atoms with Crippen molar-refractivity contribution in [3.8, 4) is 0 Å². The van der Waals surface area contributed by atoms with Gasteiger partial charge in [0.1, 0.15) is 10.2 Å². The minimum atomic E-state index is -1.43. The third kappa shape index (κ3) is 5.96. The van der Waals surface area contributed by atoms with E-state index in [0.29, 0.717) is 19.8 Å². The molecule has 0 aliphatic rings. The van der Waals surface area contributed by atoms with Crippen molar-refractivity contribution < 1.29 is 28.5 Å². The maximum absolute atomic E-state index is 12.0. The number of alkyl carbamates (subject to hydrolysis) is 1. The zero-order valence-electron chi connectivity index (χ0n) is 13.9. The van der Waals surface area contributed by atoms with Crippen LogP contribution < -0.4 is 5.32 Å². The maximum Gasteiger partial charge on any atom is 0.412 e. The van der Waals surface area contributed by atoms with Gasteiger partial charge in [-0.1, -0.05) is 6.58 Å². The van der Waals surface area contributed by atoms with Gasteiger partial charge in [-0.2, -0.15) is 0 Å². The van der Waals surface area contributed by atoms with Crippen molar-refractivity contribution in [3.05, 3.63) is 12.8 Å². The second kappa shape index (κ2) is 9.83. The minimum absolute atomic E-state index is 0.304. The van der Waals surface area contributed by atoms with Crippen molar-refractivity contribution in [3.63, 3.8) is 0 Å². The number of carbonyl (C=O) groups excluding carboxylic acids is 1. The minimum Gasteiger partial charge on any atom is -0.463 e. The van der Waals surface area contributed by atoms with E-state index >= 15 is 0 Å². The first-order valence-electron chi connectivity index (χ1n) is 7.20. The molecule has 7 nitrogen and oxygen atoms in total. The Morgan fingerprint density at radius 2 is 1.73 bits per heavy atom. The van der Waals surface area contributed by atoms with Crippen LogP contribution in [-0.2, 0) is 23.7 Å². The molecule has 3 radical (unpaired) electrons. The lowest BCUT2D eigenvalue weighted by molar-refractivity contribution is -0.299. The second-order valence-corrected chi connectivity index (χ2v) is 5.03. The highest BCUT2D eigenvalue weighted by atomic mass is 28.1. The molecule has 0 aromatic carbocycles. The van der Waals surface area contributed by atoms with Crippen molar-refractivity contribution in [1.82, 2.24) is 5.32 Å². The molecule has 0 saturated heterocycles. The molecule has 0 aromatic heterocycles. The molecule has 2 atom stereocenters.